The summed E-state index contributed by atoms with van der Waals surface area (Å²) < 4.78 is 7.20. The Kier molecular flexibility index (Phi) is 4.75. The lowest BCUT2D eigenvalue weighted by atomic mass is 10.1. The third kappa shape index (κ3) is 3.93. The summed E-state index contributed by atoms with van der Waals surface area (Å²) in [6.07, 6.45) is 1.92. The average molecular weight is 399 g/mol. The second-order valence-corrected chi connectivity index (χ2v) is 9.04. The molecular formula is C21H29N5O3. The Morgan fingerprint density at radius 1 is 1.10 bits per heavy atom. The monoisotopic (exact) mass is 399 g/mol. The van der Waals surface area contributed by atoms with E-state index in [9.17, 15) is 9.59 Å². The predicted octanol–water partition coefficient (Wildman–Crippen LogP) is 2.85. The van der Waals surface area contributed by atoms with Crippen LogP contribution < -0.4 is 0 Å². The van der Waals surface area contributed by atoms with Gasteiger partial charge in [0.2, 0.25) is 0 Å². The molecule has 0 unspecified atom stereocenters. The summed E-state index contributed by atoms with van der Waals surface area (Å²) in [6, 6.07) is 1.96. The summed E-state index contributed by atoms with van der Waals surface area (Å²) >= 11 is 0. The van der Waals surface area contributed by atoms with Gasteiger partial charge in [-0.1, -0.05) is 0 Å². The summed E-state index contributed by atoms with van der Waals surface area (Å²) in [5.74, 6) is 0.435. The van der Waals surface area contributed by atoms with Crippen LogP contribution in [0.15, 0.2) is 6.07 Å². The maximum Gasteiger partial charge on any atom is 0.410 e. The van der Waals surface area contributed by atoms with Crippen LogP contribution in [0.3, 0.4) is 0 Å². The number of nitrogens with zero attached hydrogens (tertiary/aromatic N) is 5. The highest BCUT2D eigenvalue weighted by Crippen LogP contribution is 2.40. The van der Waals surface area contributed by atoms with E-state index in [1.165, 1.54) is 0 Å². The van der Waals surface area contributed by atoms with Gasteiger partial charge in [0.05, 0.1) is 16.6 Å². The first kappa shape index (κ1) is 19.7. The van der Waals surface area contributed by atoms with E-state index in [4.69, 9.17) is 9.72 Å². The van der Waals surface area contributed by atoms with E-state index in [2.05, 4.69) is 5.10 Å². The number of pyridine rings is 1. The van der Waals surface area contributed by atoms with E-state index < -0.39 is 5.60 Å². The van der Waals surface area contributed by atoms with Crippen LogP contribution >= 0.6 is 0 Å². The van der Waals surface area contributed by atoms with Crippen LogP contribution in [0, 0.1) is 6.92 Å². The van der Waals surface area contributed by atoms with Gasteiger partial charge in [-0.15, -0.1) is 0 Å². The molecule has 0 spiro atoms. The van der Waals surface area contributed by atoms with E-state index >= 15 is 0 Å². The molecule has 4 rings (SSSR count). The van der Waals surface area contributed by atoms with Crippen molar-refractivity contribution in [3.63, 3.8) is 0 Å². The van der Waals surface area contributed by atoms with Crippen LogP contribution in [0.4, 0.5) is 4.79 Å². The van der Waals surface area contributed by atoms with Gasteiger partial charge in [-0.25, -0.2) is 9.78 Å². The highest BCUT2D eigenvalue weighted by Gasteiger charge is 2.32. The first-order chi connectivity index (χ1) is 13.6. The van der Waals surface area contributed by atoms with Crippen molar-refractivity contribution in [1.29, 1.82) is 0 Å². The molecule has 29 heavy (non-hydrogen) atoms. The maximum atomic E-state index is 13.4. The molecule has 8 nitrogen and oxygen atoms in total. The normalized spacial score (nSPS) is 17.7. The molecule has 2 aromatic heterocycles. The summed E-state index contributed by atoms with van der Waals surface area (Å²) in [5, 5.41) is 5.31. The Morgan fingerprint density at radius 2 is 1.72 bits per heavy atom. The molecule has 8 heteroatoms. The van der Waals surface area contributed by atoms with Crippen molar-refractivity contribution in [3.05, 3.63) is 23.0 Å². The zero-order chi connectivity index (χ0) is 20.9. The first-order valence-corrected chi connectivity index (χ1v) is 10.3. The standard InChI is InChI=1S/C21H29N5O3/c1-13-17-15(12-16(14-6-7-14)22-18(17)24(5)23-13)19(27)25-8-10-26(11-9-25)20(28)29-21(2,3)4/h12,14H,6-11H2,1-5H3. The van der Waals surface area contributed by atoms with Gasteiger partial charge >= 0.3 is 6.09 Å². The smallest absolute Gasteiger partial charge is 0.410 e. The Bertz CT molecular complexity index is 963. The quantitative estimate of drug-likeness (QED) is 0.776. The van der Waals surface area contributed by atoms with Gasteiger partial charge in [0.15, 0.2) is 5.65 Å². The minimum atomic E-state index is -0.524. The minimum Gasteiger partial charge on any atom is -0.444 e. The highest BCUT2D eigenvalue weighted by atomic mass is 16.6. The molecule has 1 aliphatic carbocycles. The number of carbonyl (C=O) groups is 2. The Balaban J connectivity index is 1.55. The van der Waals surface area contributed by atoms with Gasteiger partial charge < -0.3 is 14.5 Å². The Labute approximate surface area is 170 Å². The van der Waals surface area contributed by atoms with Crippen molar-refractivity contribution in [1.82, 2.24) is 24.6 Å². The Hall–Kier alpha value is -2.64. The van der Waals surface area contributed by atoms with E-state index in [-0.39, 0.29) is 12.0 Å². The van der Waals surface area contributed by atoms with Gasteiger partial charge in [0.1, 0.15) is 5.60 Å². The lowest BCUT2D eigenvalue weighted by Crippen LogP contribution is -2.51. The summed E-state index contributed by atoms with van der Waals surface area (Å²) in [7, 11) is 1.87. The molecule has 0 radical (unpaired) electrons. The first-order valence-electron chi connectivity index (χ1n) is 10.3. The third-order valence-corrected chi connectivity index (χ3v) is 5.43. The third-order valence-electron chi connectivity index (χ3n) is 5.43. The molecule has 0 aromatic carbocycles. The fourth-order valence-corrected chi connectivity index (χ4v) is 3.81. The van der Waals surface area contributed by atoms with Crippen molar-refractivity contribution < 1.29 is 14.3 Å². The molecule has 1 saturated heterocycles. The SMILES string of the molecule is Cc1nn(C)c2nc(C3CC3)cc(C(=O)N3CCN(C(=O)OC(C)(C)C)CC3)c12. The highest BCUT2D eigenvalue weighted by molar-refractivity contribution is 6.06. The summed E-state index contributed by atoms with van der Waals surface area (Å²) in [6.45, 7) is 9.39. The van der Waals surface area contributed by atoms with Crippen LogP contribution in [0.5, 0.6) is 0 Å². The number of hydrogen-bond donors (Lipinski definition) is 0. The number of carbonyl (C=O) groups excluding carboxylic acids is 2. The molecule has 156 valence electrons. The van der Waals surface area contributed by atoms with Crippen molar-refractivity contribution in [2.45, 2.75) is 52.1 Å². The molecule has 2 aliphatic rings. The largest absolute Gasteiger partial charge is 0.444 e. The van der Waals surface area contributed by atoms with Crippen molar-refractivity contribution >= 4 is 23.0 Å². The van der Waals surface area contributed by atoms with Gasteiger partial charge in [0, 0.05) is 44.8 Å². The molecule has 0 N–H and O–H groups in total. The number of fused-ring (bicyclic) bond motifs is 1. The molecule has 3 heterocycles. The molecule has 2 aromatic rings. The van der Waals surface area contributed by atoms with Crippen molar-refractivity contribution in [2.24, 2.45) is 7.05 Å². The van der Waals surface area contributed by atoms with E-state index in [0.29, 0.717) is 37.7 Å². The van der Waals surface area contributed by atoms with E-state index in [1.54, 1.807) is 9.58 Å². The molecule has 2 fully saturated rings. The Morgan fingerprint density at radius 3 is 2.31 bits per heavy atom. The molecular weight excluding hydrogens is 370 g/mol. The zero-order valence-corrected chi connectivity index (χ0v) is 17.9. The number of piperazine rings is 1. The van der Waals surface area contributed by atoms with Gasteiger partial charge in [0.25, 0.3) is 5.91 Å². The number of hydrogen-bond acceptors (Lipinski definition) is 5. The summed E-state index contributed by atoms with van der Waals surface area (Å²) in [5.41, 5.74) is 2.71. The molecule has 2 amide bonds. The second-order valence-electron chi connectivity index (χ2n) is 9.04. The van der Waals surface area contributed by atoms with Crippen LogP contribution in [0.25, 0.3) is 11.0 Å². The molecule has 1 saturated carbocycles. The van der Waals surface area contributed by atoms with E-state index in [0.717, 1.165) is 35.3 Å². The van der Waals surface area contributed by atoms with Crippen molar-refractivity contribution in [2.75, 3.05) is 26.2 Å². The van der Waals surface area contributed by atoms with E-state index in [1.807, 2.05) is 45.7 Å². The van der Waals surface area contributed by atoms with Crippen LogP contribution in [0.2, 0.25) is 0 Å². The fraction of sp³-hybridized carbons (Fsp3) is 0.619. The molecule has 0 bridgehead atoms. The van der Waals surface area contributed by atoms with Gasteiger partial charge in [-0.3, -0.25) is 9.48 Å². The van der Waals surface area contributed by atoms with Gasteiger partial charge in [-0.2, -0.15) is 5.10 Å². The fourth-order valence-electron chi connectivity index (χ4n) is 3.81. The molecule has 0 atom stereocenters. The van der Waals surface area contributed by atoms with Crippen LogP contribution in [0.1, 0.15) is 61.3 Å². The minimum absolute atomic E-state index is 0.0146. The number of aromatic nitrogens is 3. The number of ether oxygens (including phenoxy) is 1. The second kappa shape index (κ2) is 7.00. The number of rotatable bonds is 2. The van der Waals surface area contributed by atoms with Crippen LogP contribution in [-0.2, 0) is 11.8 Å². The molecule has 1 aliphatic heterocycles. The van der Waals surface area contributed by atoms with Gasteiger partial charge in [-0.05, 0) is 46.6 Å². The maximum absolute atomic E-state index is 13.4. The van der Waals surface area contributed by atoms with Crippen molar-refractivity contribution in [3.8, 4) is 0 Å². The average Bonchev–Trinajstić information content (AvgIpc) is 3.46. The van der Waals surface area contributed by atoms with Crippen LogP contribution in [-0.4, -0.2) is 68.3 Å². The predicted molar refractivity (Wildman–Crippen MR) is 109 cm³/mol. The number of aryl methyl sites for hydroxylation is 2. The topological polar surface area (TPSA) is 80.6 Å². The summed E-state index contributed by atoms with van der Waals surface area (Å²) in [4.78, 5) is 34.0. The lowest BCUT2D eigenvalue weighted by Gasteiger charge is -2.35. The lowest BCUT2D eigenvalue weighted by molar-refractivity contribution is 0.0141. The zero-order valence-electron chi connectivity index (χ0n) is 17.9. The number of amides is 2.